The number of guanidine groups is 1. The van der Waals surface area contributed by atoms with Crippen molar-refractivity contribution >= 4 is 16.9 Å². The van der Waals surface area contributed by atoms with Gasteiger partial charge < -0.3 is 10.6 Å². The molecule has 2 aromatic rings. The van der Waals surface area contributed by atoms with E-state index < -0.39 is 0 Å². The van der Waals surface area contributed by atoms with E-state index >= 15 is 0 Å². The molecular formula is C18H24N4. The molecule has 0 spiro atoms. The van der Waals surface area contributed by atoms with Crippen molar-refractivity contribution < 1.29 is 0 Å². The molecule has 0 saturated heterocycles. The summed E-state index contributed by atoms with van der Waals surface area (Å²) in [6, 6.07) is 13.0. The van der Waals surface area contributed by atoms with E-state index in [2.05, 4.69) is 53.7 Å². The summed E-state index contributed by atoms with van der Waals surface area (Å²) in [5.74, 6) is 1.70. The monoisotopic (exact) mass is 296 g/mol. The van der Waals surface area contributed by atoms with Crippen molar-refractivity contribution in [2.24, 2.45) is 10.9 Å². The summed E-state index contributed by atoms with van der Waals surface area (Å²) in [5, 5.41) is 7.97. The van der Waals surface area contributed by atoms with E-state index in [0.29, 0.717) is 6.04 Å². The Balaban J connectivity index is 1.60. The number of para-hydroxylation sites is 1. The maximum Gasteiger partial charge on any atom is 0.191 e. The summed E-state index contributed by atoms with van der Waals surface area (Å²) < 4.78 is 0. The van der Waals surface area contributed by atoms with Gasteiger partial charge in [0.1, 0.15) is 0 Å². The fourth-order valence-electron chi connectivity index (χ4n) is 2.55. The minimum absolute atomic E-state index is 0.594. The number of hydrogen-bond acceptors (Lipinski definition) is 2. The van der Waals surface area contributed by atoms with Gasteiger partial charge in [0, 0.05) is 36.6 Å². The van der Waals surface area contributed by atoms with Gasteiger partial charge in [0.15, 0.2) is 5.96 Å². The lowest BCUT2D eigenvalue weighted by Crippen LogP contribution is -2.39. The van der Waals surface area contributed by atoms with Crippen LogP contribution in [0.1, 0.15) is 26.0 Å². The quantitative estimate of drug-likeness (QED) is 0.659. The van der Waals surface area contributed by atoms with Gasteiger partial charge >= 0.3 is 0 Å². The van der Waals surface area contributed by atoms with Crippen LogP contribution in [-0.4, -0.2) is 30.1 Å². The van der Waals surface area contributed by atoms with E-state index in [1.807, 2.05) is 12.1 Å². The molecule has 2 N–H and O–H groups in total. The SMILES string of the molecule is CCNC(=NCCc1ccc2ccccc2n1)NC1CC1C. The molecule has 0 radical (unpaired) electrons. The zero-order valence-corrected chi connectivity index (χ0v) is 13.3. The summed E-state index contributed by atoms with van der Waals surface area (Å²) in [7, 11) is 0. The van der Waals surface area contributed by atoms with Crippen LogP contribution < -0.4 is 10.6 Å². The van der Waals surface area contributed by atoms with Crippen LogP contribution >= 0.6 is 0 Å². The lowest BCUT2D eigenvalue weighted by Gasteiger charge is -2.10. The average molecular weight is 296 g/mol. The summed E-state index contributed by atoms with van der Waals surface area (Å²) in [6.07, 6.45) is 2.11. The second-order valence-corrected chi connectivity index (χ2v) is 5.97. The van der Waals surface area contributed by atoms with E-state index in [4.69, 9.17) is 4.98 Å². The maximum absolute atomic E-state index is 4.69. The van der Waals surface area contributed by atoms with Crippen LogP contribution in [0.5, 0.6) is 0 Å². The first-order chi connectivity index (χ1) is 10.8. The fourth-order valence-corrected chi connectivity index (χ4v) is 2.55. The number of hydrogen-bond donors (Lipinski definition) is 2. The third kappa shape index (κ3) is 3.75. The molecule has 116 valence electrons. The van der Waals surface area contributed by atoms with Crippen molar-refractivity contribution in [3.05, 3.63) is 42.1 Å². The Kier molecular flexibility index (Phi) is 4.56. The van der Waals surface area contributed by atoms with Crippen molar-refractivity contribution in [2.75, 3.05) is 13.1 Å². The molecule has 2 atom stereocenters. The Morgan fingerprint density at radius 2 is 2.09 bits per heavy atom. The third-order valence-corrected chi connectivity index (χ3v) is 4.07. The van der Waals surface area contributed by atoms with Crippen molar-refractivity contribution in [3.8, 4) is 0 Å². The molecule has 1 aromatic carbocycles. The Morgan fingerprint density at radius 1 is 1.27 bits per heavy atom. The normalized spacial score (nSPS) is 20.9. The molecule has 0 bridgehead atoms. The van der Waals surface area contributed by atoms with Crippen molar-refractivity contribution in [1.29, 1.82) is 0 Å². The first-order valence-electron chi connectivity index (χ1n) is 8.16. The predicted molar refractivity (Wildman–Crippen MR) is 92.1 cm³/mol. The minimum Gasteiger partial charge on any atom is -0.357 e. The van der Waals surface area contributed by atoms with Crippen LogP contribution in [0.3, 0.4) is 0 Å². The number of fused-ring (bicyclic) bond motifs is 1. The number of nitrogens with one attached hydrogen (secondary N) is 2. The molecule has 3 rings (SSSR count). The minimum atomic E-state index is 0.594. The Bertz CT molecular complexity index is 665. The summed E-state index contributed by atoms with van der Waals surface area (Å²) >= 11 is 0. The van der Waals surface area contributed by atoms with Crippen LogP contribution in [0, 0.1) is 5.92 Å². The van der Waals surface area contributed by atoms with E-state index in [1.54, 1.807) is 0 Å². The third-order valence-electron chi connectivity index (χ3n) is 4.07. The van der Waals surface area contributed by atoms with E-state index in [0.717, 1.165) is 42.6 Å². The number of nitrogens with zero attached hydrogens (tertiary/aromatic N) is 2. The Labute approximate surface area is 132 Å². The van der Waals surface area contributed by atoms with Crippen LogP contribution in [-0.2, 0) is 6.42 Å². The van der Waals surface area contributed by atoms with Crippen LogP contribution in [0.25, 0.3) is 10.9 Å². The van der Waals surface area contributed by atoms with Gasteiger partial charge in [0.05, 0.1) is 5.52 Å². The molecule has 1 heterocycles. The Morgan fingerprint density at radius 3 is 2.86 bits per heavy atom. The molecule has 1 saturated carbocycles. The van der Waals surface area contributed by atoms with Gasteiger partial charge in [0.25, 0.3) is 0 Å². The predicted octanol–water partition coefficient (Wildman–Crippen LogP) is 2.74. The highest BCUT2D eigenvalue weighted by Gasteiger charge is 2.33. The molecule has 0 amide bonds. The second-order valence-electron chi connectivity index (χ2n) is 5.97. The number of aromatic nitrogens is 1. The Hall–Kier alpha value is -2.10. The van der Waals surface area contributed by atoms with Gasteiger partial charge in [-0.3, -0.25) is 9.98 Å². The van der Waals surface area contributed by atoms with E-state index in [-0.39, 0.29) is 0 Å². The number of benzene rings is 1. The first kappa shape index (κ1) is 14.8. The fraction of sp³-hybridized carbons (Fsp3) is 0.444. The standard InChI is InChI=1S/C18H24N4/c1-3-19-18(22-17-12-13(17)2)20-11-10-15-9-8-14-6-4-5-7-16(14)21-15/h4-9,13,17H,3,10-12H2,1-2H3,(H2,19,20,22). The van der Waals surface area contributed by atoms with Crippen molar-refractivity contribution in [3.63, 3.8) is 0 Å². The van der Waals surface area contributed by atoms with Gasteiger partial charge in [-0.05, 0) is 31.4 Å². The molecule has 4 nitrogen and oxygen atoms in total. The maximum atomic E-state index is 4.69. The highest BCUT2D eigenvalue weighted by Crippen LogP contribution is 2.28. The topological polar surface area (TPSA) is 49.3 Å². The van der Waals surface area contributed by atoms with E-state index in [9.17, 15) is 0 Å². The molecule has 1 aliphatic rings. The lowest BCUT2D eigenvalue weighted by atomic mass is 10.2. The van der Waals surface area contributed by atoms with Crippen LogP contribution in [0.4, 0.5) is 0 Å². The molecule has 1 aliphatic carbocycles. The van der Waals surface area contributed by atoms with Gasteiger partial charge in [-0.2, -0.15) is 0 Å². The molecule has 22 heavy (non-hydrogen) atoms. The largest absolute Gasteiger partial charge is 0.357 e. The average Bonchev–Trinajstić information content (AvgIpc) is 3.22. The van der Waals surface area contributed by atoms with Crippen molar-refractivity contribution in [1.82, 2.24) is 15.6 Å². The van der Waals surface area contributed by atoms with Gasteiger partial charge in [-0.1, -0.05) is 31.2 Å². The summed E-state index contributed by atoms with van der Waals surface area (Å²) in [6.45, 7) is 6.00. The number of pyridine rings is 1. The van der Waals surface area contributed by atoms with Crippen LogP contribution in [0.15, 0.2) is 41.4 Å². The summed E-state index contributed by atoms with van der Waals surface area (Å²) in [4.78, 5) is 9.35. The second kappa shape index (κ2) is 6.77. The van der Waals surface area contributed by atoms with Gasteiger partial charge in [0.2, 0.25) is 0 Å². The molecule has 1 aromatic heterocycles. The molecule has 0 aliphatic heterocycles. The van der Waals surface area contributed by atoms with Gasteiger partial charge in [-0.25, -0.2) is 0 Å². The van der Waals surface area contributed by atoms with Gasteiger partial charge in [-0.15, -0.1) is 0 Å². The zero-order chi connectivity index (χ0) is 15.4. The molecule has 2 unspecified atom stereocenters. The number of aliphatic imine (C=N–C) groups is 1. The van der Waals surface area contributed by atoms with Crippen LogP contribution in [0.2, 0.25) is 0 Å². The number of rotatable bonds is 5. The highest BCUT2D eigenvalue weighted by atomic mass is 15.2. The molecular weight excluding hydrogens is 272 g/mol. The summed E-state index contributed by atoms with van der Waals surface area (Å²) in [5.41, 5.74) is 2.15. The molecule has 1 fully saturated rings. The highest BCUT2D eigenvalue weighted by molar-refractivity contribution is 5.80. The first-order valence-corrected chi connectivity index (χ1v) is 8.16. The van der Waals surface area contributed by atoms with E-state index in [1.165, 1.54) is 11.8 Å². The lowest BCUT2D eigenvalue weighted by molar-refractivity contribution is 0.764. The smallest absolute Gasteiger partial charge is 0.191 e. The zero-order valence-electron chi connectivity index (χ0n) is 13.3. The molecule has 4 heteroatoms. The van der Waals surface area contributed by atoms with Crippen molar-refractivity contribution in [2.45, 2.75) is 32.7 Å².